The van der Waals surface area contributed by atoms with Crippen molar-refractivity contribution in [3.8, 4) is 11.4 Å². The summed E-state index contributed by atoms with van der Waals surface area (Å²) < 4.78 is 1.06. The van der Waals surface area contributed by atoms with Gasteiger partial charge in [-0.2, -0.15) is 0 Å². The second kappa shape index (κ2) is 6.91. The summed E-state index contributed by atoms with van der Waals surface area (Å²) in [6.07, 6.45) is 1.94. The highest BCUT2D eigenvalue weighted by atomic mass is 127. The van der Waals surface area contributed by atoms with Crippen molar-refractivity contribution in [3.05, 3.63) is 37.5 Å². The molecule has 1 N–H and O–H groups in total. The van der Waals surface area contributed by atoms with E-state index in [0.29, 0.717) is 15.9 Å². The lowest BCUT2D eigenvalue weighted by atomic mass is 10.2. The van der Waals surface area contributed by atoms with Crippen LogP contribution in [0.4, 0.5) is 5.82 Å². The maximum Gasteiger partial charge on any atom is 0.163 e. The second-order valence-corrected chi connectivity index (χ2v) is 6.20. The molecule has 0 amide bonds. The van der Waals surface area contributed by atoms with E-state index in [2.05, 4.69) is 44.8 Å². The van der Waals surface area contributed by atoms with Gasteiger partial charge in [0.05, 0.1) is 14.3 Å². The lowest BCUT2D eigenvalue weighted by molar-refractivity contribution is 0.868. The van der Waals surface area contributed by atoms with Crippen molar-refractivity contribution in [3.63, 3.8) is 0 Å². The van der Waals surface area contributed by atoms with Crippen LogP contribution in [0, 0.1) is 3.57 Å². The SMILES string of the molecule is CCCc1nc(-c2ccc(Cl)cc2Cl)nc(NC)c1I. The standard InChI is InChI=1S/C14H14Cl2IN3/c1-3-4-11-12(17)14(18-2)20-13(19-11)9-6-5-8(15)7-10(9)16/h5-7H,3-4H2,1-2H3,(H,18,19,20). The highest BCUT2D eigenvalue weighted by Gasteiger charge is 2.14. The van der Waals surface area contributed by atoms with Crippen LogP contribution in [0.3, 0.4) is 0 Å². The third-order valence-electron chi connectivity index (χ3n) is 2.82. The van der Waals surface area contributed by atoms with Gasteiger partial charge in [0.1, 0.15) is 5.82 Å². The fourth-order valence-electron chi connectivity index (χ4n) is 1.85. The largest absolute Gasteiger partial charge is 0.372 e. The van der Waals surface area contributed by atoms with Crippen LogP contribution < -0.4 is 5.32 Å². The van der Waals surface area contributed by atoms with Gasteiger partial charge in [0.25, 0.3) is 0 Å². The van der Waals surface area contributed by atoms with Crippen LogP contribution in [-0.4, -0.2) is 17.0 Å². The van der Waals surface area contributed by atoms with Gasteiger partial charge in [-0.25, -0.2) is 9.97 Å². The average molecular weight is 422 g/mol. The molecule has 0 atom stereocenters. The summed E-state index contributed by atoms with van der Waals surface area (Å²) in [5.74, 6) is 1.45. The average Bonchev–Trinajstić information content (AvgIpc) is 2.41. The number of aryl methyl sites for hydroxylation is 1. The van der Waals surface area contributed by atoms with Crippen molar-refractivity contribution in [1.82, 2.24) is 9.97 Å². The third-order valence-corrected chi connectivity index (χ3v) is 4.50. The summed E-state index contributed by atoms with van der Waals surface area (Å²) in [6, 6.07) is 5.35. The van der Waals surface area contributed by atoms with Gasteiger partial charge in [0, 0.05) is 17.6 Å². The molecule has 0 fully saturated rings. The van der Waals surface area contributed by atoms with E-state index in [1.54, 1.807) is 12.1 Å². The minimum absolute atomic E-state index is 0.559. The Morgan fingerprint density at radius 2 is 2.00 bits per heavy atom. The highest BCUT2D eigenvalue weighted by molar-refractivity contribution is 14.1. The van der Waals surface area contributed by atoms with Crippen molar-refractivity contribution in [1.29, 1.82) is 0 Å². The molecule has 1 heterocycles. The molecule has 106 valence electrons. The van der Waals surface area contributed by atoms with Gasteiger partial charge in [-0.05, 0) is 47.2 Å². The van der Waals surface area contributed by atoms with Gasteiger partial charge in [-0.15, -0.1) is 0 Å². The number of nitrogens with one attached hydrogen (secondary N) is 1. The molecule has 0 saturated heterocycles. The van der Waals surface area contributed by atoms with Gasteiger partial charge < -0.3 is 5.32 Å². The zero-order valence-corrected chi connectivity index (χ0v) is 14.8. The Labute approximate surface area is 142 Å². The van der Waals surface area contributed by atoms with Crippen LogP contribution in [0.2, 0.25) is 10.0 Å². The molecule has 20 heavy (non-hydrogen) atoms. The van der Waals surface area contributed by atoms with Crippen LogP contribution in [0.1, 0.15) is 19.0 Å². The molecular weight excluding hydrogens is 408 g/mol. The normalized spacial score (nSPS) is 10.7. The van der Waals surface area contributed by atoms with Crippen molar-refractivity contribution >= 4 is 51.6 Å². The Kier molecular flexibility index (Phi) is 5.46. The first-order chi connectivity index (χ1) is 9.56. The number of aromatic nitrogens is 2. The second-order valence-electron chi connectivity index (χ2n) is 4.28. The van der Waals surface area contributed by atoms with Gasteiger partial charge in [0.2, 0.25) is 0 Å². The number of rotatable bonds is 4. The molecule has 0 spiro atoms. The smallest absolute Gasteiger partial charge is 0.163 e. The summed E-state index contributed by atoms with van der Waals surface area (Å²) in [7, 11) is 1.85. The van der Waals surface area contributed by atoms with Gasteiger partial charge in [-0.3, -0.25) is 0 Å². The lowest BCUT2D eigenvalue weighted by Crippen LogP contribution is -2.05. The topological polar surface area (TPSA) is 37.8 Å². The Balaban J connectivity index is 2.58. The van der Waals surface area contributed by atoms with Gasteiger partial charge >= 0.3 is 0 Å². The number of anilines is 1. The van der Waals surface area contributed by atoms with E-state index in [0.717, 1.165) is 33.5 Å². The van der Waals surface area contributed by atoms with Gasteiger partial charge in [0.15, 0.2) is 5.82 Å². The molecule has 6 heteroatoms. The first-order valence-corrected chi connectivity index (χ1v) is 8.09. The van der Waals surface area contributed by atoms with E-state index in [1.165, 1.54) is 0 Å². The number of hydrogen-bond acceptors (Lipinski definition) is 3. The van der Waals surface area contributed by atoms with Crippen LogP contribution in [0.25, 0.3) is 11.4 Å². The molecular formula is C14H14Cl2IN3. The predicted molar refractivity (Wildman–Crippen MR) is 93.7 cm³/mol. The van der Waals surface area contributed by atoms with Crippen molar-refractivity contribution in [2.75, 3.05) is 12.4 Å². The zero-order chi connectivity index (χ0) is 14.7. The highest BCUT2D eigenvalue weighted by Crippen LogP contribution is 2.30. The molecule has 2 aromatic rings. The fraction of sp³-hybridized carbons (Fsp3) is 0.286. The fourth-order valence-corrected chi connectivity index (χ4v) is 3.13. The summed E-state index contributed by atoms with van der Waals surface area (Å²) in [4.78, 5) is 9.18. The molecule has 0 bridgehead atoms. The first kappa shape index (κ1) is 15.8. The predicted octanol–water partition coefficient (Wildman–Crippen LogP) is 5.05. The monoisotopic (exact) mass is 421 g/mol. The Bertz CT molecular complexity index is 632. The van der Waals surface area contributed by atoms with Crippen LogP contribution >= 0.6 is 45.8 Å². The number of benzene rings is 1. The van der Waals surface area contributed by atoms with Gasteiger partial charge in [-0.1, -0.05) is 36.5 Å². The molecule has 2 rings (SSSR count). The summed E-state index contributed by atoms with van der Waals surface area (Å²) in [5, 5.41) is 4.27. The summed E-state index contributed by atoms with van der Waals surface area (Å²) >= 11 is 14.4. The molecule has 0 saturated carbocycles. The quantitative estimate of drug-likeness (QED) is 0.702. The molecule has 0 radical (unpaired) electrons. The zero-order valence-electron chi connectivity index (χ0n) is 11.2. The van der Waals surface area contributed by atoms with Crippen LogP contribution in [0.5, 0.6) is 0 Å². The molecule has 3 nitrogen and oxygen atoms in total. The van der Waals surface area contributed by atoms with Crippen molar-refractivity contribution in [2.24, 2.45) is 0 Å². The number of nitrogens with zero attached hydrogens (tertiary/aromatic N) is 2. The first-order valence-electron chi connectivity index (χ1n) is 6.26. The molecule has 0 aliphatic heterocycles. The summed E-state index contributed by atoms with van der Waals surface area (Å²) in [5.41, 5.74) is 1.83. The molecule has 0 aliphatic carbocycles. The maximum atomic E-state index is 6.24. The van der Waals surface area contributed by atoms with Crippen LogP contribution in [-0.2, 0) is 6.42 Å². The molecule has 0 unspecified atom stereocenters. The van der Waals surface area contributed by atoms with E-state index in [9.17, 15) is 0 Å². The minimum Gasteiger partial charge on any atom is -0.372 e. The number of hydrogen-bond donors (Lipinski definition) is 1. The van der Waals surface area contributed by atoms with Crippen molar-refractivity contribution < 1.29 is 0 Å². The maximum absolute atomic E-state index is 6.24. The van der Waals surface area contributed by atoms with E-state index in [1.807, 2.05) is 13.1 Å². The summed E-state index contributed by atoms with van der Waals surface area (Å²) in [6.45, 7) is 2.13. The number of halogens is 3. The third kappa shape index (κ3) is 3.35. The molecule has 1 aromatic heterocycles. The lowest BCUT2D eigenvalue weighted by Gasteiger charge is -2.11. The van der Waals surface area contributed by atoms with Crippen LogP contribution in [0.15, 0.2) is 18.2 Å². The minimum atomic E-state index is 0.559. The van der Waals surface area contributed by atoms with Crippen molar-refractivity contribution in [2.45, 2.75) is 19.8 Å². The Hall–Kier alpha value is -0.590. The molecule has 1 aromatic carbocycles. The van der Waals surface area contributed by atoms with E-state index in [-0.39, 0.29) is 0 Å². The Morgan fingerprint density at radius 1 is 1.25 bits per heavy atom. The molecule has 0 aliphatic rings. The van der Waals surface area contributed by atoms with E-state index >= 15 is 0 Å². The Morgan fingerprint density at radius 3 is 2.60 bits per heavy atom. The van der Waals surface area contributed by atoms with E-state index < -0.39 is 0 Å². The van der Waals surface area contributed by atoms with E-state index in [4.69, 9.17) is 23.2 Å².